The van der Waals surface area contributed by atoms with Crippen molar-refractivity contribution < 1.29 is 14.7 Å². The first-order valence-corrected chi connectivity index (χ1v) is 6.91. The van der Waals surface area contributed by atoms with E-state index < -0.39 is 5.97 Å². The van der Waals surface area contributed by atoms with Gasteiger partial charge in [0.15, 0.2) is 0 Å². The van der Waals surface area contributed by atoms with Crippen molar-refractivity contribution in [1.29, 1.82) is 0 Å². The van der Waals surface area contributed by atoms with E-state index in [-0.39, 0.29) is 18.0 Å². The molecule has 0 atom stereocenters. The minimum atomic E-state index is -0.729. The summed E-state index contributed by atoms with van der Waals surface area (Å²) in [5.41, 5.74) is 1.85. The normalized spacial score (nSPS) is 22.1. The lowest BCUT2D eigenvalue weighted by Gasteiger charge is -2.26. The number of urea groups is 1. The number of hydrogen-bond donors (Lipinski definition) is 3. The molecule has 0 bridgehead atoms. The molecule has 1 aliphatic carbocycles. The third kappa shape index (κ3) is 3.98. The fourth-order valence-electron chi connectivity index (χ4n) is 2.56. The van der Waals surface area contributed by atoms with Gasteiger partial charge in [0.25, 0.3) is 0 Å². The number of benzene rings is 1. The minimum absolute atomic E-state index is 0.0652. The van der Waals surface area contributed by atoms with Crippen molar-refractivity contribution in [2.24, 2.45) is 5.92 Å². The third-order valence-corrected chi connectivity index (χ3v) is 3.69. The Morgan fingerprint density at radius 1 is 1.20 bits per heavy atom. The largest absolute Gasteiger partial charge is 0.481 e. The molecule has 1 saturated carbocycles. The highest BCUT2D eigenvalue weighted by molar-refractivity contribution is 5.89. The Morgan fingerprint density at radius 2 is 1.90 bits per heavy atom. The van der Waals surface area contributed by atoms with Gasteiger partial charge in [-0.15, -0.1) is 0 Å². The summed E-state index contributed by atoms with van der Waals surface area (Å²) in [5.74, 6) is -0.986. The number of carboxylic acids is 1. The summed E-state index contributed by atoms with van der Waals surface area (Å²) in [6.45, 7) is 1.97. The van der Waals surface area contributed by atoms with Gasteiger partial charge in [-0.25, -0.2) is 4.79 Å². The fraction of sp³-hybridized carbons (Fsp3) is 0.467. The molecule has 2 rings (SSSR count). The Kier molecular flexibility index (Phi) is 4.61. The molecule has 5 heteroatoms. The molecule has 0 saturated heterocycles. The molecule has 1 aromatic carbocycles. The van der Waals surface area contributed by atoms with Gasteiger partial charge in [0, 0.05) is 11.7 Å². The van der Waals surface area contributed by atoms with Crippen LogP contribution in [0.2, 0.25) is 0 Å². The molecule has 3 N–H and O–H groups in total. The van der Waals surface area contributed by atoms with E-state index in [0.29, 0.717) is 12.8 Å². The van der Waals surface area contributed by atoms with E-state index in [0.717, 1.165) is 24.1 Å². The number of carbonyl (C=O) groups excluding carboxylic acids is 1. The van der Waals surface area contributed by atoms with Crippen molar-refractivity contribution in [3.63, 3.8) is 0 Å². The molecule has 1 aliphatic rings. The van der Waals surface area contributed by atoms with Crippen LogP contribution in [0, 0.1) is 12.8 Å². The first-order chi connectivity index (χ1) is 9.54. The zero-order valence-corrected chi connectivity index (χ0v) is 11.6. The molecule has 0 heterocycles. The Balaban J connectivity index is 1.80. The second-order valence-electron chi connectivity index (χ2n) is 5.35. The van der Waals surface area contributed by atoms with Crippen LogP contribution in [0.25, 0.3) is 0 Å². The van der Waals surface area contributed by atoms with E-state index in [1.807, 2.05) is 31.2 Å². The highest BCUT2D eigenvalue weighted by Gasteiger charge is 2.26. The number of hydrogen-bond acceptors (Lipinski definition) is 2. The van der Waals surface area contributed by atoms with Crippen molar-refractivity contribution in [1.82, 2.24) is 5.32 Å². The standard InChI is InChI=1S/C15H20N2O3/c1-10-3-2-4-13(9-10)17-15(20)16-12-7-5-11(6-8-12)14(18)19/h2-4,9,11-12H,5-8H2,1H3,(H,18,19)(H2,16,17,20). The molecule has 5 nitrogen and oxygen atoms in total. The molecule has 1 fully saturated rings. The molecular weight excluding hydrogens is 256 g/mol. The number of aryl methyl sites for hydroxylation is 1. The predicted octanol–water partition coefficient (Wildman–Crippen LogP) is 2.76. The van der Waals surface area contributed by atoms with Crippen LogP contribution in [0.3, 0.4) is 0 Å². The Hall–Kier alpha value is -2.04. The van der Waals surface area contributed by atoms with Crippen molar-refractivity contribution in [2.75, 3.05) is 5.32 Å². The van der Waals surface area contributed by atoms with Crippen LogP contribution in [-0.4, -0.2) is 23.1 Å². The van der Waals surface area contributed by atoms with Gasteiger partial charge in [-0.3, -0.25) is 4.79 Å². The SMILES string of the molecule is Cc1cccc(NC(=O)NC2CCC(C(=O)O)CC2)c1. The van der Waals surface area contributed by atoms with E-state index in [1.54, 1.807) is 0 Å². The molecule has 20 heavy (non-hydrogen) atoms. The summed E-state index contributed by atoms with van der Waals surface area (Å²) < 4.78 is 0. The van der Waals surface area contributed by atoms with Crippen LogP contribution in [-0.2, 0) is 4.79 Å². The van der Waals surface area contributed by atoms with Crippen LogP contribution in [0.5, 0.6) is 0 Å². The molecule has 0 aromatic heterocycles. The monoisotopic (exact) mass is 276 g/mol. The first-order valence-electron chi connectivity index (χ1n) is 6.91. The first kappa shape index (κ1) is 14.4. The van der Waals surface area contributed by atoms with E-state index >= 15 is 0 Å². The van der Waals surface area contributed by atoms with Crippen LogP contribution >= 0.6 is 0 Å². The zero-order valence-electron chi connectivity index (χ0n) is 11.6. The smallest absolute Gasteiger partial charge is 0.319 e. The number of carboxylic acid groups (broad SMARTS) is 1. The molecule has 0 aliphatic heterocycles. The number of carbonyl (C=O) groups is 2. The van der Waals surface area contributed by atoms with Gasteiger partial charge in [0.05, 0.1) is 5.92 Å². The predicted molar refractivity (Wildman–Crippen MR) is 76.7 cm³/mol. The fourth-order valence-corrected chi connectivity index (χ4v) is 2.56. The Labute approximate surface area is 118 Å². The quantitative estimate of drug-likeness (QED) is 0.794. The van der Waals surface area contributed by atoms with Gasteiger partial charge in [-0.1, -0.05) is 12.1 Å². The average molecular weight is 276 g/mol. The van der Waals surface area contributed by atoms with E-state index in [1.165, 1.54) is 0 Å². The van der Waals surface area contributed by atoms with Gasteiger partial charge < -0.3 is 15.7 Å². The lowest BCUT2D eigenvalue weighted by atomic mass is 9.86. The van der Waals surface area contributed by atoms with Crippen LogP contribution in [0.1, 0.15) is 31.2 Å². The number of aliphatic carboxylic acids is 1. The lowest BCUT2D eigenvalue weighted by Crippen LogP contribution is -2.40. The molecule has 1 aromatic rings. The molecular formula is C15H20N2O3. The van der Waals surface area contributed by atoms with Crippen LogP contribution < -0.4 is 10.6 Å². The van der Waals surface area contributed by atoms with Gasteiger partial charge in [0.2, 0.25) is 0 Å². The number of nitrogens with one attached hydrogen (secondary N) is 2. The highest BCUT2D eigenvalue weighted by Crippen LogP contribution is 2.24. The van der Waals surface area contributed by atoms with Gasteiger partial charge >= 0.3 is 12.0 Å². The summed E-state index contributed by atoms with van der Waals surface area (Å²) in [6.07, 6.45) is 2.70. The summed E-state index contributed by atoms with van der Waals surface area (Å²) in [4.78, 5) is 22.7. The molecule has 0 unspecified atom stereocenters. The van der Waals surface area contributed by atoms with Crippen molar-refractivity contribution >= 4 is 17.7 Å². The third-order valence-electron chi connectivity index (χ3n) is 3.69. The number of rotatable bonds is 3. The highest BCUT2D eigenvalue weighted by atomic mass is 16.4. The van der Waals surface area contributed by atoms with E-state index in [2.05, 4.69) is 10.6 Å². The van der Waals surface area contributed by atoms with Crippen LogP contribution in [0.4, 0.5) is 10.5 Å². The summed E-state index contributed by atoms with van der Waals surface area (Å²) in [7, 11) is 0. The van der Waals surface area contributed by atoms with Crippen molar-refractivity contribution in [3.8, 4) is 0 Å². The Morgan fingerprint density at radius 3 is 2.50 bits per heavy atom. The second kappa shape index (κ2) is 6.41. The molecule has 0 spiro atoms. The summed E-state index contributed by atoms with van der Waals surface area (Å²) in [5, 5.41) is 14.6. The summed E-state index contributed by atoms with van der Waals surface area (Å²) in [6, 6.07) is 7.44. The average Bonchev–Trinajstić information content (AvgIpc) is 2.39. The van der Waals surface area contributed by atoms with Gasteiger partial charge in [-0.05, 0) is 50.3 Å². The lowest BCUT2D eigenvalue weighted by molar-refractivity contribution is -0.142. The van der Waals surface area contributed by atoms with Gasteiger partial charge in [-0.2, -0.15) is 0 Å². The maximum atomic E-state index is 11.9. The van der Waals surface area contributed by atoms with Crippen molar-refractivity contribution in [2.45, 2.75) is 38.6 Å². The molecule has 0 radical (unpaired) electrons. The van der Waals surface area contributed by atoms with Gasteiger partial charge in [0.1, 0.15) is 0 Å². The van der Waals surface area contributed by atoms with Crippen LogP contribution in [0.15, 0.2) is 24.3 Å². The zero-order chi connectivity index (χ0) is 14.5. The Bertz CT molecular complexity index is 494. The minimum Gasteiger partial charge on any atom is -0.481 e. The number of anilines is 1. The van der Waals surface area contributed by atoms with E-state index in [9.17, 15) is 9.59 Å². The topological polar surface area (TPSA) is 78.4 Å². The maximum Gasteiger partial charge on any atom is 0.319 e. The molecule has 108 valence electrons. The van der Waals surface area contributed by atoms with Crippen molar-refractivity contribution in [3.05, 3.63) is 29.8 Å². The number of amides is 2. The van der Waals surface area contributed by atoms with E-state index in [4.69, 9.17) is 5.11 Å². The summed E-state index contributed by atoms with van der Waals surface area (Å²) >= 11 is 0. The maximum absolute atomic E-state index is 11.9. The molecule has 2 amide bonds. The second-order valence-corrected chi connectivity index (χ2v) is 5.35.